The van der Waals surface area contributed by atoms with Crippen LogP contribution in [0.5, 0.6) is 0 Å². The molecule has 6 nitrogen and oxygen atoms in total. The predicted molar refractivity (Wildman–Crippen MR) is 74.3 cm³/mol. The minimum absolute atomic E-state index is 0.173. The number of urea groups is 1. The molecule has 0 saturated carbocycles. The fourth-order valence-corrected chi connectivity index (χ4v) is 1.68. The van der Waals surface area contributed by atoms with Crippen LogP contribution in [-0.2, 0) is 4.79 Å². The van der Waals surface area contributed by atoms with Crippen molar-refractivity contribution in [3.05, 3.63) is 30.3 Å². The molecule has 0 spiro atoms. The van der Waals surface area contributed by atoms with E-state index in [2.05, 4.69) is 5.32 Å². The van der Waals surface area contributed by atoms with E-state index in [0.717, 1.165) is 0 Å². The van der Waals surface area contributed by atoms with Crippen molar-refractivity contribution in [2.45, 2.75) is 25.8 Å². The lowest BCUT2D eigenvalue weighted by Crippen LogP contribution is -2.48. The van der Waals surface area contributed by atoms with Crippen molar-refractivity contribution in [3.8, 4) is 6.07 Å². The number of hydrogen-bond acceptors (Lipinski definition) is 3. The lowest BCUT2D eigenvalue weighted by Gasteiger charge is -2.24. The molecule has 1 aromatic rings. The van der Waals surface area contributed by atoms with E-state index in [-0.39, 0.29) is 13.0 Å². The van der Waals surface area contributed by atoms with Crippen LogP contribution in [0.1, 0.15) is 19.8 Å². The summed E-state index contributed by atoms with van der Waals surface area (Å²) in [5, 5.41) is 20.1. The van der Waals surface area contributed by atoms with Gasteiger partial charge >= 0.3 is 12.0 Å². The normalized spacial score (nSPS) is 11.2. The van der Waals surface area contributed by atoms with Crippen molar-refractivity contribution in [3.63, 3.8) is 0 Å². The third-order valence-electron chi connectivity index (χ3n) is 2.76. The van der Waals surface area contributed by atoms with Gasteiger partial charge in [-0.05, 0) is 18.6 Å². The second kappa shape index (κ2) is 7.79. The fraction of sp³-hybridized carbons (Fsp3) is 0.357. The van der Waals surface area contributed by atoms with E-state index in [9.17, 15) is 9.59 Å². The summed E-state index contributed by atoms with van der Waals surface area (Å²) in [7, 11) is 0. The molecule has 0 unspecified atom stereocenters. The molecule has 0 bridgehead atoms. The predicted octanol–water partition coefficient (Wildman–Crippen LogP) is 1.98. The number of carboxylic acid groups (broad SMARTS) is 1. The van der Waals surface area contributed by atoms with Crippen LogP contribution >= 0.6 is 0 Å². The van der Waals surface area contributed by atoms with Crippen molar-refractivity contribution >= 4 is 17.7 Å². The Morgan fingerprint density at radius 1 is 1.40 bits per heavy atom. The third kappa shape index (κ3) is 4.28. The smallest absolute Gasteiger partial charge is 0.326 e. The van der Waals surface area contributed by atoms with Crippen LogP contribution in [-0.4, -0.2) is 29.7 Å². The molecule has 20 heavy (non-hydrogen) atoms. The molecule has 0 fully saturated rings. The Labute approximate surface area is 117 Å². The maximum atomic E-state index is 12.2. The van der Waals surface area contributed by atoms with Gasteiger partial charge in [-0.15, -0.1) is 0 Å². The third-order valence-corrected chi connectivity index (χ3v) is 2.76. The second-order valence-electron chi connectivity index (χ2n) is 4.14. The molecule has 1 atom stereocenters. The lowest BCUT2D eigenvalue weighted by molar-refractivity contribution is -0.139. The number of anilines is 1. The Bertz CT molecular complexity index is 496. The number of rotatable bonds is 6. The van der Waals surface area contributed by atoms with Gasteiger partial charge in [-0.1, -0.05) is 25.1 Å². The van der Waals surface area contributed by atoms with Gasteiger partial charge in [0.1, 0.15) is 6.04 Å². The summed E-state index contributed by atoms with van der Waals surface area (Å²) in [6, 6.07) is 9.36. The largest absolute Gasteiger partial charge is 0.480 e. The van der Waals surface area contributed by atoms with Crippen molar-refractivity contribution in [1.82, 2.24) is 5.32 Å². The fourth-order valence-electron chi connectivity index (χ4n) is 1.68. The number of hydrogen-bond donors (Lipinski definition) is 2. The number of aliphatic carboxylic acids is 1. The topological polar surface area (TPSA) is 93.4 Å². The zero-order valence-corrected chi connectivity index (χ0v) is 11.2. The van der Waals surface area contributed by atoms with E-state index >= 15 is 0 Å². The van der Waals surface area contributed by atoms with E-state index in [4.69, 9.17) is 10.4 Å². The maximum absolute atomic E-state index is 12.2. The summed E-state index contributed by atoms with van der Waals surface area (Å²) in [6.45, 7) is 1.89. The molecule has 2 N–H and O–H groups in total. The van der Waals surface area contributed by atoms with Gasteiger partial charge in [-0.3, -0.25) is 4.90 Å². The van der Waals surface area contributed by atoms with E-state index in [0.29, 0.717) is 12.1 Å². The summed E-state index contributed by atoms with van der Waals surface area (Å²) >= 11 is 0. The highest BCUT2D eigenvalue weighted by atomic mass is 16.4. The van der Waals surface area contributed by atoms with Gasteiger partial charge in [0, 0.05) is 12.2 Å². The zero-order chi connectivity index (χ0) is 15.0. The zero-order valence-electron chi connectivity index (χ0n) is 11.2. The number of nitrogens with zero attached hydrogens (tertiary/aromatic N) is 2. The van der Waals surface area contributed by atoms with Crippen molar-refractivity contribution in [2.75, 3.05) is 11.4 Å². The summed E-state index contributed by atoms with van der Waals surface area (Å²) in [6.07, 6.45) is 0.466. The number of nitrogens with one attached hydrogen (secondary N) is 1. The molecule has 0 saturated heterocycles. The number of carbonyl (C=O) groups is 2. The van der Waals surface area contributed by atoms with Crippen LogP contribution in [0.4, 0.5) is 10.5 Å². The van der Waals surface area contributed by atoms with Crippen molar-refractivity contribution < 1.29 is 14.7 Å². The molecule has 6 heteroatoms. The molecule has 106 valence electrons. The van der Waals surface area contributed by atoms with Gasteiger partial charge < -0.3 is 10.4 Å². The molecule has 0 heterocycles. The molecule has 1 aromatic carbocycles. The summed E-state index contributed by atoms with van der Waals surface area (Å²) in [4.78, 5) is 24.5. The number of para-hydroxylation sites is 1. The van der Waals surface area contributed by atoms with E-state index < -0.39 is 18.0 Å². The highest BCUT2D eigenvalue weighted by Crippen LogP contribution is 2.14. The van der Waals surface area contributed by atoms with E-state index in [1.54, 1.807) is 31.2 Å². The molecular formula is C14H17N3O3. The van der Waals surface area contributed by atoms with E-state index in [1.807, 2.05) is 12.1 Å². The molecule has 0 radical (unpaired) electrons. The molecule has 0 aliphatic carbocycles. The van der Waals surface area contributed by atoms with Crippen LogP contribution < -0.4 is 10.2 Å². The number of amides is 2. The molecule has 0 aliphatic heterocycles. The summed E-state index contributed by atoms with van der Waals surface area (Å²) < 4.78 is 0. The minimum Gasteiger partial charge on any atom is -0.480 e. The molecule has 0 aliphatic rings. The molecule has 2 amide bonds. The first kappa shape index (κ1) is 15.5. The number of carboxylic acids is 1. The number of benzene rings is 1. The van der Waals surface area contributed by atoms with Crippen LogP contribution in [0, 0.1) is 11.3 Å². The van der Waals surface area contributed by atoms with Gasteiger partial charge in [-0.2, -0.15) is 5.26 Å². The maximum Gasteiger partial charge on any atom is 0.326 e. The number of nitriles is 1. The first-order valence-corrected chi connectivity index (χ1v) is 6.33. The highest BCUT2D eigenvalue weighted by molar-refractivity contribution is 5.94. The van der Waals surface area contributed by atoms with Gasteiger partial charge in [0.05, 0.1) is 12.5 Å². The van der Waals surface area contributed by atoms with Crippen LogP contribution in [0.2, 0.25) is 0 Å². The monoisotopic (exact) mass is 275 g/mol. The minimum atomic E-state index is -1.07. The Hall–Kier alpha value is -2.55. The molecular weight excluding hydrogens is 258 g/mol. The van der Waals surface area contributed by atoms with E-state index in [1.165, 1.54) is 4.90 Å². The quantitative estimate of drug-likeness (QED) is 0.830. The highest BCUT2D eigenvalue weighted by Gasteiger charge is 2.22. The lowest BCUT2D eigenvalue weighted by atomic mass is 10.2. The average Bonchev–Trinajstić information content (AvgIpc) is 2.46. The van der Waals surface area contributed by atoms with Crippen molar-refractivity contribution in [2.24, 2.45) is 0 Å². The Kier molecular flexibility index (Phi) is 6.04. The van der Waals surface area contributed by atoms with Gasteiger partial charge in [-0.25, -0.2) is 9.59 Å². The van der Waals surface area contributed by atoms with Gasteiger partial charge in [0.15, 0.2) is 0 Å². The molecule has 1 rings (SSSR count). The van der Waals surface area contributed by atoms with Gasteiger partial charge in [0.25, 0.3) is 0 Å². The Balaban J connectivity index is 2.86. The second-order valence-corrected chi connectivity index (χ2v) is 4.14. The average molecular weight is 275 g/mol. The van der Waals surface area contributed by atoms with Crippen LogP contribution in [0.3, 0.4) is 0 Å². The van der Waals surface area contributed by atoms with Gasteiger partial charge in [0.2, 0.25) is 0 Å². The first-order valence-electron chi connectivity index (χ1n) is 6.33. The van der Waals surface area contributed by atoms with Crippen LogP contribution in [0.15, 0.2) is 30.3 Å². The Morgan fingerprint density at radius 2 is 2.05 bits per heavy atom. The first-order chi connectivity index (χ1) is 9.60. The molecule has 0 aromatic heterocycles. The SMILES string of the molecule is CC[C@H](NC(=O)N(CCC#N)c1ccccc1)C(=O)O. The standard InChI is InChI=1S/C14H17N3O3/c1-2-12(13(18)19)16-14(20)17(10-6-9-15)11-7-4-3-5-8-11/h3-5,7-8,12H,2,6,10H2,1H3,(H,16,20)(H,18,19)/t12-/m0/s1. The van der Waals surface area contributed by atoms with Crippen molar-refractivity contribution in [1.29, 1.82) is 5.26 Å². The summed E-state index contributed by atoms with van der Waals surface area (Å²) in [5.41, 5.74) is 0.625. The Morgan fingerprint density at radius 3 is 2.55 bits per heavy atom. The number of carbonyl (C=O) groups excluding carboxylic acids is 1. The summed E-state index contributed by atoms with van der Waals surface area (Å²) in [5.74, 6) is -1.07. The van der Waals surface area contributed by atoms with Crippen LogP contribution in [0.25, 0.3) is 0 Å².